The zero-order valence-corrected chi connectivity index (χ0v) is 6.91. The smallest absolute Gasteiger partial charge is 0.235 e. The first-order valence-electron chi connectivity index (χ1n) is 3.15. The maximum Gasteiger partial charge on any atom is 0.235 e. The van der Waals surface area contributed by atoms with Crippen LogP contribution >= 0.6 is 0 Å². The van der Waals surface area contributed by atoms with Crippen LogP contribution in [0.5, 0.6) is 0 Å². The van der Waals surface area contributed by atoms with Crippen molar-refractivity contribution >= 4 is 15.7 Å². The molecule has 12 heavy (non-hydrogen) atoms. The third kappa shape index (κ3) is 2.51. The maximum absolute atomic E-state index is 11.0. The normalized spacial score (nSPS) is 11.4. The molecule has 0 bridgehead atoms. The van der Waals surface area contributed by atoms with E-state index in [0.29, 0.717) is 0 Å². The van der Waals surface area contributed by atoms with Crippen LogP contribution in [0.4, 0.5) is 5.69 Å². The molecule has 0 spiro atoms. The molecule has 0 fully saturated rings. The van der Waals surface area contributed by atoms with Gasteiger partial charge in [0.25, 0.3) is 0 Å². The van der Waals surface area contributed by atoms with Crippen LogP contribution in [0.15, 0.2) is 17.0 Å². The molecule has 0 saturated carbocycles. The molecule has 2 N–H and O–H groups in total. The number of nitrogens with zero attached hydrogens (tertiary/aromatic N) is 1. The quantitative estimate of drug-likeness (QED) is 0.665. The Bertz CT molecular complexity index is 317. The van der Waals surface area contributed by atoms with E-state index in [0.717, 1.165) is 6.26 Å². The number of nitrogens with one attached hydrogen (secondary N) is 1. The van der Waals surface area contributed by atoms with Gasteiger partial charge in [-0.3, -0.25) is 4.72 Å². The van der Waals surface area contributed by atoms with Crippen molar-refractivity contribution in [3.63, 3.8) is 0 Å². The zero-order valence-electron chi connectivity index (χ0n) is 6.10. The fraction of sp³-hybridized carbons (Fsp3) is 0.400. The summed E-state index contributed by atoms with van der Waals surface area (Å²) >= 11 is 0. The molecule has 7 heteroatoms. The Morgan fingerprint density at radius 3 is 2.92 bits per heavy atom. The molecule has 0 aliphatic heterocycles. The van der Waals surface area contributed by atoms with E-state index in [9.17, 15) is 8.42 Å². The van der Waals surface area contributed by atoms with Crippen molar-refractivity contribution in [2.45, 2.75) is 0 Å². The maximum atomic E-state index is 11.0. The summed E-state index contributed by atoms with van der Waals surface area (Å²) in [5, 5.41) is 11.7. The number of anilines is 1. The Balaban J connectivity index is 2.63. The third-order valence-corrected chi connectivity index (χ3v) is 2.33. The molecule has 0 aromatic carbocycles. The molecule has 68 valence electrons. The average molecular weight is 192 g/mol. The average Bonchev–Trinajstić information content (AvgIpc) is 2.38. The first-order chi connectivity index (χ1) is 5.64. The van der Waals surface area contributed by atoms with Gasteiger partial charge in [-0.15, -0.1) is 0 Å². The first-order valence-corrected chi connectivity index (χ1v) is 4.80. The van der Waals surface area contributed by atoms with Crippen molar-refractivity contribution in [2.24, 2.45) is 0 Å². The van der Waals surface area contributed by atoms with E-state index in [1.165, 1.54) is 6.20 Å². The Morgan fingerprint density at radius 2 is 2.42 bits per heavy atom. The van der Waals surface area contributed by atoms with Gasteiger partial charge in [0.05, 0.1) is 18.6 Å². The molecule has 0 amide bonds. The van der Waals surface area contributed by atoms with E-state index in [1.807, 2.05) is 0 Å². The Hall–Kier alpha value is -1.08. The number of sulfonamides is 1. The van der Waals surface area contributed by atoms with Crippen LogP contribution in [0.1, 0.15) is 0 Å². The molecule has 1 heterocycles. The van der Waals surface area contributed by atoms with Crippen molar-refractivity contribution in [3.8, 4) is 0 Å². The number of rotatable bonds is 4. The van der Waals surface area contributed by atoms with Crippen molar-refractivity contribution in [2.75, 3.05) is 17.1 Å². The highest BCUT2D eigenvalue weighted by Gasteiger charge is 2.09. The van der Waals surface area contributed by atoms with Crippen LogP contribution in [-0.2, 0) is 10.0 Å². The molecule has 0 unspecified atom stereocenters. The number of aliphatic hydroxyl groups excluding tert-OH is 1. The largest absolute Gasteiger partial charge is 0.395 e. The fourth-order valence-corrected chi connectivity index (χ4v) is 1.41. The van der Waals surface area contributed by atoms with Crippen LogP contribution in [0.3, 0.4) is 0 Å². The van der Waals surface area contributed by atoms with Crippen molar-refractivity contribution in [1.82, 2.24) is 5.16 Å². The van der Waals surface area contributed by atoms with Gasteiger partial charge in [-0.2, -0.15) is 0 Å². The summed E-state index contributed by atoms with van der Waals surface area (Å²) in [7, 11) is -3.45. The number of aliphatic hydroxyl groups is 1. The Labute approximate surface area is 69.2 Å². The van der Waals surface area contributed by atoms with Gasteiger partial charge in [0.1, 0.15) is 12.0 Å². The topological polar surface area (TPSA) is 92.4 Å². The minimum absolute atomic E-state index is 0.253. The summed E-state index contributed by atoms with van der Waals surface area (Å²) in [5.74, 6) is -0.335. The van der Waals surface area contributed by atoms with E-state index in [-0.39, 0.29) is 11.4 Å². The van der Waals surface area contributed by atoms with E-state index in [4.69, 9.17) is 5.11 Å². The van der Waals surface area contributed by atoms with Crippen LogP contribution in [0.25, 0.3) is 0 Å². The SMILES string of the molecule is O=S(=O)(CCO)Nc1cnoc1. The monoisotopic (exact) mass is 192 g/mol. The minimum atomic E-state index is -3.45. The van der Waals surface area contributed by atoms with Crippen molar-refractivity contribution < 1.29 is 18.0 Å². The van der Waals surface area contributed by atoms with Gasteiger partial charge in [0.2, 0.25) is 10.0 Å². The van der Waals surface area contributed by atoms with Gasteiger partial charge in [0, 0.05) is 0 Å². The second-order valence-corrected chi connectivity index (χ2v) is 3.90. The molecule has 6 nitrogen and oxygen atoms in total. The number of hydrogen-bond donors (Lipinski definition) is 2. The lowest BCUT2D eigenvalue weighted by molar-refractivity contribution is 0.320. The summed E-state index contributed by atoms with van der Waals surface area (Å²) in [6.45, 7) is -0.416. The van der Waals surface area contributed by atoms with Crippen LogP contribution in [-0.4, -0.2) is 31.0 Å². The minimum Gasteiger partial charge on any atom is -0.395 e. The van der Waals surface area contributed by atoms with Gasteiger partial charge in [0.15, 0.2) is 0 Å². The fourth-order valence-electron chi connectivity index (χ4n) is 0.606. The molecule has 0 aliphatic rings. The highest BCUT2D eigenvalue weighted by Crippen LogP contribution is 2.06. The molecule has 0 atom stereocenters. The third-order valence-electron chi connectivity index (χ3n) is 1.07. The van der Waals surface area contributed by atoms with Crippen LogP contribution in [0, 0.1) is 0 Å². The lowest BCUT2D eigenvalue weighted by Crippen LogP contribution is -2.18. The summed E-state index contributed by atoms with van der Waals surface area (Å²) in [4.78, 5) is 0. The summed E-state index contributed by atoms with van der Waals surface area (Å²) in [5.41, 5.74) is 0.253. The second-order valence-electron chi connectivity index (χ2n) is 2.06. The first kappa shape index (κ1) is 9.01. The van der Waals surface area contributed by atoms with Gasteiger partial charge in [-0.05, 0) is 0 Å². The Kier molecular flexibility index (Phi) is 2.66. The molecular formula is C5H8N2O4S. The van der Waals surface area contributed by atoms with E-state index in [2.05, 4.69) is 14.4 Å². The standard InChI is InChI=1S/C5H8N2O4S/c8-1-2-12(9,10)7-5-3-6-11-4-5/h3-4,7-8H,1-2H2. The molecule has 0 aliphatic carbocycles. The number of hydrogen-bond acceptors (Lipinski definition) is 5. The lowest BCUT2D eigenvalue weighted by Gasteiger charge is -2.01. The number of aromatic nitrogens is 1. The van der Waals surface area contributed by atoms with Gasteiger partial charge < -0.3 is 9.63 Å². The molecule has 1 aromatic heterocycles. The summed E-state index contributed by atoms with van der Waals surface area (Å²) in [6, 6.07) is 0. The highest BCUT2D eigenvalue weighted by atomic mass is 32.2. The molecule has 1 rings (SSSR count). The summed E-state index contributed by atoms with van der Waals surface area (Å²) in [6.07, 6.45) is 2.39. The van der Waals surface area contributed by atoms with Crippen molar-refractivity contribution in [1.29, 1.82) is 0 Å². The molecule has 1 aromatic rings. The zero-order chi connectivity index (χ0) is 9.03. The van der Waals surface area contributed by atoms with E-state index >= 15 is 0 Å². The van der Waals surface area contributed by atoms with Gasteiger partial charge >= 0.3 is 0 Å². The van der Waals surface area contributed by atoms with Crippen molar-refractivity contribution in [3.05, 3.63) is 12.5 Å². The highest BCUT2D eigenvalue weighted by molar-refractivity contribution is 7.92. The van der Waals surface area contributed by atoms with Gasteiger partial charge in [-0.1, -0.05) is 5.16 Å². The van der Waals surface area contributed by atoms with E-state index in [1.54, 1.807) is 0 Å². The molecular weight excluding hydrogens is 184 g/mol. The van der Waals surface area contributed by atoms with Crippen LogP contribution in [0.2, 0.25) is 0 Å². The van der Waals surface area contributed by atoms with Gasteiger partial charge in [-0.25, -0.2) is 8.42 Å². The van der Waals surface area contributed by atoms with E-state index < -0.39 is 16.6 Å². The van der Waals surface area contributed by atoms with Crippen LogP contribution < -0.4 is 4.72 Å². The second kappa shape index (κ2) is 3.55. The molecule has 0 saturated heterocycles. The predicted molar refractivity (Wildman–Crippen MR) is 41.0 cm³/mol. The Morgan fingerprint density at radius 1 is 1.67 bits per heavy atom. The predicted octanol–water partition coefficient (Wildman–Crippen LogP) is -0.591. The lowest BCUT2D eigenvalue weighted by atomic mass is 10.6. The summed E-state index contributed by atoms with van der Waals surface area (Å²) < 4.78 is 28.5. The molecule has 0 radical (unpaired) electrons.